The highest BCUT2D eigenvalue weighted by Gasteiger charge is 2.38. The van der Waals surface area contributed by atoms with Crippen LogP contribution in [0.2, 0.25) is 0 Å². The van der Waals surface area contributed by atoms with Crippen LogP contribution >= 0.6 is 0 Å². The number of nitrogens with zero attached hydrogens (tertiary/aromatic N) is 1. The normalized spacial score (nSPS) is 19.5. The summed E-state index contributed by atoms with van der Waals surface area (Å²) in [5.74, 6) is -2.51. The molecule has 0 saturated carbocycles. The molecule has 2 unspecified atom stereocenters. The van der Waals surface area contributed by atoms with Crippen molar-refractivity contribution in [3.05, 3.63) is 35.4 Å². The second-order valence-corrected chi connectivity index (χ2v) is 5.28. The van der Waals surface area contributed by atoms with Gasteiger partial charge in [-0.2, -0.15) is 0 Å². The van der Waals surface area contributed by atoms with Gasteiger partial charge in [0.05, 0.1) is 12.6 Å². The van der Waals surface area contributed by atoms with E-state index in [0.29, 0.717) is 6.42 Å². The topological polar surface area (TPSA) is 69.6 Å². The van der Waals surface area contributed by atoms with Gasteiger partial charge in [0.2, 0.25) is 0 Å². The van der Waals surface area contributed by atoms with Gasteiger partial charge in [0, 0.05) is 0 Å². The zero-order valence-corrected chi connectivity index (χ0v) is 12.2. The van der Waals surface area contributed by atoms with Gasteiger partial charge in [0.1, 0.15) is 6.04 Å². The van der Waals surface area contributed by atoms with Gasteiger partial charge in [-0.25, -0.2) is 13.6 Å². The van der Waals surface area contributed by atoms with Crippen molar-refractivity contribution in [1.82, 2.24) is 10.2 Å². The summed E-state index contributed by atoms with van der Waals surface area (Å²) in [6, 6.07) is 1.81. The number of imide groups is 1. The number of nitrogens with one attached hydrogen (secondary N) is 1. The maximum absolute atomic E-state index is 13.2. The molecule has 0 aromatic heterocycles. The van der Waals surface area contributed by atoms with Crippen molar-refractivity contribution in [2.45, 2.75) is 38.3 Å². The summed E-state index contributed by atoms with van der Waals surface area (Å²) in [6.07, 6.45) is 0.974. The van der Waals surface area contributed by atoms with Crippen molar-refractivity contribution < 1.29 is 23.5 Å². The molecule has 1 fully saturated rings. The minimum absolute atomic E-state index is 0.108. The zero-order chi connectivity index (χ0) is 16.3. The molecule has 5 nitrogen and oxygen atoms in total. The number of carbonyl (C=O) groups excluding carboxylic acids is 2. The molecule has 0 aliphatic carbocycles. The fourth-order valence-electron chi connectivity index (χ4n) is 2.35. The van der Waals surface area contributed by atoms with E-state index in [1.165, 1.54) is 6.07 Å². The zero-order valence-electron chi connectivity index (χ0n) is 12.2. The third-order valence-corrected chi connectivity index (χ3v) is 3.64. The Morgan fingerprint density at radius 2 is 2.05 bits per heavy atom. The Morgan fingerprint density at radius 3 is 2.68 bits per heavy atom. The first-order chi connectivity index (χ1) is 10.4. The van der Waals surface area contributed by atoms with E-state index in [1.54, 1.807) is 0 Å². The first-order valence-electron chi connectivity index (χ1n) is 7.19. The predicted octanol–water partition coefficient (Wildman–Crippen LogP) is 2.11. The molecule has 2 atom stereocenters. The Kier molecular flexibility index (Phi) is 5.07. The Bertz CT molecular complexity index is 580. The Hall–Kier alpha value is -2.02. The Labute approximate surface area is 126 Å². The number of benzene rings is 1. The van der Waals surface area contributed by atoms with E-state index in [-0.39, 0.29) is 12.1 Å². The number of rotatable bonds is 6. The molecule has 1 aromatic carbocycles. The molecule has 0 radical (unpaired) electrons. The molecule has 1 saturated heterocycles. The number of aliphatic hydroxyl groups excluding tert-OH is 1. The maximum Gasteiger partial charge on any atom is 0.324 e. The van der Waals surface area contributed by atoms with Crippen LogP contribution in [-0.4, -0.2) is 34.5 Å². The lowest BCUT2D eigenvalue weighted by atomic mass is 10.1. The molecular formula is C15H18F2N2O3. The van der Waals surface area contributed by atoms with Crippen LogP contribution in [0.4, 0.5) is 13.6 Å². The van der Waals surface area contributed by atoms with Crippen molar-refractivity contribution >= 4 is 11.9 Å². The number of hydrogen-bond donors (Lipinski definition) is 2. The van der Waals surface area contributed by atoms with Crippen molar-refractivity contribution in [2.24, 2.45) is 0 Å². The lowest BCUT2D eigenvalue weighted by Crippen LogP contribution is -2.35. The van der Waals surface area contributed by atoms with Crippen LogP contribution in [0.5, 0.6) is 0 Å². The van der Waals surface area contributed by atoms with Gasteiger partial charge in [-0.05, 0) is 24.1 Å². The molecule has 22 heavy (non-hydrogen) atoms. The number of urea groups is 1. The number of unbranched alkanes of at least 4 members (excludes halogenated alkanes) is 1. The molecule has 7 heteroatoms. The van der Waals surface area contributed by atoms with Gasteiger partial charge in [-0.15, -0.1) is 0 Å². The van der Waals surface area contributed by atoms with Crippen LogP contribution in [0.3, 0.4) is 0 Å². The summed E-state index contributed by atoms with van der Waals surface area (Å²) >= 11 is 0. The molecule has 2 N–H and O–H groups in total. The molecule has 120 valence electrons. The SMILES string of the molecule is CCCCC1NC(=O)N(CC(O)c2ccc(F)c(F)c2)C1=O. The first kappa shape index (κ1) is 16.4. The number of β-amino-alcohol motifs (C(OH)–C–C–N with tert-alkyl or cyclic N) is 1. The highest BCUT2D eigenvalue weighted by atomic mass is 19.2. The fourth-order valence-corrected chi connectivity index (χ4v) is 2.35. The van der Waals surface area contributed by atoms with E-state index in [2.05, 4.69) is 5.32 Å². The van der Waals surface area contributed by atoms with E-state index in [1.807, 2.05) is 6.92 Å². The first-order valence-corrected chi connectivity index (χ1v) is 7.19. The van der Waals surface area contributed by atoms with Crippen molar-refractivity contribution in [1.29, 1.82) is 0 Å². The third kappa shape index (κ3) is 3.41. The smallest absolute Gasteiger partial charge is 0.324 e. The van der Waals surface area contributed by atoms with E-state index in [0.717, 1.165) is 29.9 Å². The Balaban J connectivity index is 2.04. The lowest BCUT2D eigenvalue weighted by Gasteiger charge is -2.18. The monoisotopic (exact) mass is 312 g/mol. The van der Waals surface area contributed by atoms with E-state index >= 15 is 0 Å². The molecule has 1 aliphatic heterocycles. The van der Waals surface area contributed by atoms with Gasteiger partial charge in [-0.1, -0.05) is 25.8 Å². The average molecular weight is 312 g/mol. The highest BCUT2D eigenvalue weighted by Crippen LogP contribution is 2.20. The standard InChI is InChI=1S/C15H18F2N2O3/c1-2-3-4-12-14(21)19(15(22)18-12)8-13(20)9-5-6-10(16)11(17)7-9/h5-7,12-13,20H,2-4,8H2,1H3,(H,18,22). The maximum atomic E-state index is 13.2. The highest BCUT2D eigenvalue weighted by molar-refractivity contribution is 6.04. The molecule has 0 bridgehead atoms. The summed E-state index contributed by atoms with van der Waals surface area (Å²) in [6.45, 7) is 1.68. The van der Waals surface area contributed by atoms with Gasteiger partial charge in [0.25, 0.3) is 5.91 Å². The van der Waals surface area contributed by atoms with Gasteiger partial charge in [0.15, 0.2) is 11.6 Å². The van der Waals surface area contributed by atoms with Crippen LogP contribution in [0.15, 0.2) is 18.2 Å². The van der Waals surface area contributed by atoms with Crippen LogP contribution in [0.1, 0.15) is 37.9 Å². The minimum atomic E-state index is -1.27. The molecule has 1 heterocycles. The largest absolute Gasteiger partial charge is 0.387 e. The number of amides is 3. The third-order valence-electron chi connectivity index (χ3n) is 3.64. The van der Waals surface area contributed by atoms with Gasteiger partial charge >= 0.3 is 6.03 Å². The summed E-state index contributed by atoms with van der Waals surface area (Å²) in [5, 5.41) is 12.6. The summed E-state index contributed by atoms with van der Waals surface area (Å²) in [5.41, 5.74) is 0.108. The quantitative estimate of drug-likeness (QED) is 0.790. The van der Waals surface area contributed by atoms with Crippen LogP contribution in [0, 0.1) is 11.6 Å². The summed E-state index contributed by atoms with van der Waals surface area (Å²) < 4.78 is 26.0. The number of carbonyl (C=O) groups is 2. The predicted molar refractivity (Wildman–Crippen MR) is 74.9 cm³/mol. The van der Waals surface area contributed by atoms with E-state index < -0.39 is 35.7 Å². The van der Waals surface area contributed by atoms with Crippen LogP contribution in [-0.2, 0) is 4.79 Å². The van der Waals surface area contributed by atoms with Gasteiger partial charge in [-0.3, -0.25) is 9.69 Å². The van der Waals surface area contributed by atoms with Crippen LogP contribution < -0.4 is 5.32 Å². The van der Waals surface area contributed by atoms with Crippen LogP contribution in [0.25, 0.3) is 0 Å². The number of halogens is 2. The molecule has 3 amide bonds. The van der Waals surface area contributed by atoms with Crippen molar-refractivity contribution in [3.8, 4) is 0 Å². The Morgan fingerprint density at radius 1 is 1.32 bits per heavy atom. The minimum Gasteiger partial charge on any atom is -0.387 e. The molecule has 2 rings (SSSR count). The number of hydrogen-bond acceptors (Lipinski definition) is 3. The average Bonchev–Trinajstić information content (AvgIpc) is 2.75. The number of aliphatic hydroxyl groups is 1. The van der Waals surface area contributed by atoms with Crippen molar-refractivity contribution in [3.63, 3.8) is 0 Å². The lowest BCUT2D eigenvalue weighted by molar-refractivity contribution is -0.128. The molecular weight excluding hydrogens is 294 g/mol. The molecule has 1 aromatic rings. The fraction of sp³-hybridized carbons (Fsp3) is 0.467. The summed E-state index contributed by atoms with van der Waals surface area (Å²) in [4.78, 5) is 24.8. The van der Waals surface area contributed by atoms with E-state index in [4.69, 9.17) is 0 Å². The molecule has 1 aliphatic rings. The van der Waals surface area contributed by atoms with Crippen molar-refractivity contribution in [2.75, 3.05) is 6.54 Å². The second-order valence-electron chi connectivity index (χ2n) is 5.28. The van der Waals surface area contributed by atoms with E-state index in [9.17, 15) is 23.5 Å². The van der Waals surface area contributed by atoms with Gasteiger partial charge < -0.3 is 10.4 Å². The molecule has 0 spiro atoms. The second kappa shape index (κ2) is 6.83. The summed E-state index contributed by atoms with van der Waals surface area (Å²) in [7, 11) is 0.